The molecule has 0 unspecified atom stereocenters. The molecule has 2 aromatic heterocycles. The summed E-state index contributed by atoms with van der Waals surface area (Å²) in [7, 11) is 0. The van der Waals surface area contributed by atoms with E-state index in [0.29, 0.717) is 30.3 Å². The van der Waals surface area contributed by atoms with Crippen molar-refractivity contribution in [3.05, 3.63) is 59.9 Å². The van der Waals surface area contributed by atoms with Gasteiger partial charge in [-0.3, -0.25) is 9.78 Å². The van der Waals surface area contributed by atoms with Crippen LogP contribution < -0.4 is 16.0 Å². The molecule has 0 bridgehead atoms. The lowest BCUT2D eigenvalue weighted by Gasteiger charge is -2.38. The first-order valence-corrected chi connectivity index (χ1v) is 13.4. The van der Waals surface area contributed by atoms with E-state index in [1.807, 2.05) is 37.3 Å². The monoisotopic (exact) mass is 513 g/mol. The SMILES string of the molecule is Cc1ccc(NC(=O)NC2CC(C)(F)C2)cc1-c1cc(-c2ccnc(NC(=O)C3CC3)c2)nc(C2CC2)c1. The van der Waals surface area contributed by atoms with Crippen LogP contribution in [0.1, 0.15) is 62.6 Å². The molecule has 3 aliphatic rings. The zero-order valence-corrected chi connectivity index (χ0v) is 21.7. The van der Waals surface area contributed by atoms with E-state index in [0.717, 1.165) is 59.3 Å². The minimum atomic E-state index is -1.19. The van der Waals surface area contributed by atoms with Crippen LogP contribution in [-0.4, -0.2) is 33.6 Å². The molecule has 3 saturated carbocycles. The fourth-order valence-electron chi connectivity index (χ4n) is 5.11. The summed E-state index contributed by atoms with van der Waals surface area (Å²) in [5.74, 6) is 1.11. The molecule has 0 aliphatic heterocycles. The highest BCUT2D eigenvalue weighted by Gasteiger charge is 2.41. The molecule has 3 aromatic rings. The van der Waals surface area contributed by atoms with Crippen LogP contribution in [0.3, 0.4) is 0 Å². The molecule has 1 aromatic carbocycles. The molecule has 0 spiro atoms. The average molecular weight is 514 g/mol. The number of nitrogens with one attached hydrogen (secondary N) is 3. The number of aryl methyl sites for hydroxylation is 1. The van der Waals surface area contributed by atoms with Crippen LogP contribution in [0.5, 0.6) is 0 Å². The molecular formula is C30H32FN5O2. The highest BCUT2D eigenvalue weighted by molar-refractivity contribution is 5.94. The van der Waals surface area contributed by atoms with Crippen molar-refractivity contribution in [2.75, 3.05) is 10.6 Å². The summed E-state index contributed by atoms with van der Waals surface area (Å²) in [4.78, 5) is 34.1. The fraction of sp³-hybridized carbons (Fsp3) is 0.400. The summed E-state index contributed by atoms with van der Waals surface area (Å²) >= 11 is 0. The van der Waals surface area contributed by atoms with Gasteiger partial charge in [0.25, 0.3) is 0 Å². The summed E-state index contributed by atoms with van der Waals surface area (Å²) in [5, 5.41) is 8.68. The maximum Gasteiger partial charge on any atom is 0.319 e. The Balaban J connectivity index is 1.26. The molecular weight excluding hydrogens is 481 g/mol. The number of urea groups is 1. The van der Waals surface area contributed by atoms with Crippen molar-refractivity contribution in [2.45, 2.75) is 70.0 Å². The molecule has 2 heterocycles. The van der Waals surface area contributed by atoms with Crippen LogP contribution >= 0.6 is 0 Å². The van der Waals surface area contributed by atoms with Gasteiger partial charge in [-0.05, 0) is 92.6 Å². The van der Waals surface area contributed by atoms with Gasteiger partial charge in [-0.2, -0.15) is 0 Å². The number of aromatic nitrogens is 2. The van der Waals surface area contributed by atoms with Gasteiger partial charge in [0.05, 0.1) is 5.69 Å². The van der Waals surface area contributed by atoms with Gasteiger partial charge in [-0.1, -0.05) is 6.07 Å². The van der Waals surface area contributed by atoms with Crippen LogP contribution in [0.2, 0.25) is 0 Å². The van der Waals surface area contributed by atoms with Gasteiger partial charge in [-0.25, -0.2) is 14.2 Å². The molecule has 0 atom stereocenters. The highest BCUT2D eigenvalue weighted by atomic mass is 19.1. The lowest BCUT2D eigenvalue weighted by atomic mass is 9.79. The first kappa shape index (κ1) is 24.5. The number of carbonyl (C=O) groups excluding carboxylic acids is 2. The minimum Gasteiger partial charge on any atom is -0.335 e. The Kier molecular flexibility index (Phi) is 6.13. The Morgan fingerprint density at radius 3 is 2.47 bits per heavy atom. The van der Waals surface area contributed by atoms with Crippen molar-refractivity contribution >= 4 is 23.4 Å². The molecule has 3 fully saturated rings. The molecule has 6 rings (SSSR count). The Morgan fingerprint density at radius 2 is 1.76 bits per heavy atom. The van der Waals surface area contributed by atoms with Crippen molar-refractivity contribution in [3.63, 3.8) is 0 Å². The molecule has 38 heavy (non-hydrogen) atoms. The largest absolute Gasteiger partial charge is 0.335 e. The normalized spacial score (nSPS) is 22.3. The van der Waals surface area contributed by atoms with Crippen molar-refractivity contribution in [1.82, 2.24) is 15.3 Å². The summed E-state index contributed by atoms with van der Waals surface area (Å²) in [5.41, 5.74) is 5.35. The van der Waals surface area contributed by atoms with E-state index in [9.17, 15) is 14.0 Å². The number of anilines is 2. The first-order chi connectivity index (χ1) is 18.2. The van der Waals surface area contributed by atoms with Crippen molar-refractivity contribution in [1.29, 1.82) is 0 Å². The third-order valence-corrected chi connectivity index (χ3v) is 7.58. The minimum absolute atomic E-state index is 0.0232. The molecule has 3 aliphatic carbocycles. The third kappa shape index (κ3) is 5.54. The smallest absolute Gasteiger partial charge is 0.319 e. The predicted octanol–water partition coefficient (Wildman–Crippen LogP) is 6.36. The van der Waals surface area contributed by atoms with Gasteiger partial charge < -0.3 is 16.0 Å². The number of benzene rings is 1. The van der Waals surface area contributed by atoms with Gasteiger partial charge in [0.15, 0.2) is 0 Å². The van der Waals surface area contributed by atoms with Gasteiger partial charge in [0.1, 0.15) is 11.5 Å². The zero-order valence-electron chi connectivity index (χ0n) is 21.7. The van der Waals surface area contributed by atoms with Crippen LogP contribution in [0.25, 0.3) is 22.4 Å². The molecule has 3 amide bonds. The molecule has 0 radical (unpaired) electrons. The van der Waals surface area contributed by atoms with E-state index in [1.54, 1.807) is 13.1 Å². The Hall–Kier alpha value is -3.81. The second kappa shape index (κ2) is 9.49. The van der Waals surface area contributed by atoms with Gasteiger partial charge in [-0.15, -0.1) is 0 Å². The van der Waals surface area contributed by atoms with Gasteiger partial charge in [0.2, 0.25) is 5.91 Å². The standard InChI is InChI=1S/C30H32FN5O2/c1-17-3-8-22(33-29(38)34-23-15-30(2,31)16-23)14-24(17)21-11-25(18-4-5-18)35-26(12-21)20-9-10-32-27(13-20)36-28(37)19-6-7-19/h3,8-14,18-19,23H,4-7,15-16H2,1-2H3,(H,32,36,37)(H2,33,34,38). The Bertz CT molecular complexity index is 1410. The summed E-state index contributed by atoms with van der Waals surface area (Å²) in [6.45, 7) is 3.61. The van der Waals surface area contributed by atoms with E-state index >= 15 is 0 Å². The number of nitrogens with zero attached hydrogens (tertiary/aromatic N) is 2. The first-order valence-electron chi connectivity index (χ1n) is 13.4. The Labute approximate surface area is 221 Å². The van der Waals surface area contributed by atoms with E-state index < -0.39 is 5.67 Å². The number of pyridine rings is 2. The third-order valence-electron chi connectivity index (χ3n) is 7.58. The van der Waals surface area contributed by atoms with Crippen LogP contribution in [-0.2, 0) is 4.79 Å². The zero-order chi connectivity index (χ0) is 26.4. The van der Waals surface area contributed by atoms with Crippen LogP contribution in [0.15, 0.2) is 48.7 Å². The number of hydrogen-bond acceptors (Lipinski definition) is 4. The van der Waals surface area contributed by atoms with Gasteiger partial charge in [0, 0.05) is 53.9 Å². The fourth-order valence-corrected chi connectivity index (χ4v) is 5.11. The predicted molar refractivity (Wildman–Crippen MR) is 146 cm³/mol. The summed E-state index contributed by atoms with van der Waals surface area (Å²) in [6.07, 6.45) is 6.49. The maximum absolute atomic E-state index is 13.8. The number of carbonyl (C=O) groups is 2. The second-order valence-electron chi connectivity index (χ2n) is 11.3. The number of rotatable bonds is 7. The summed E-state index contributed by atoms with van der Waals surface area (Å²) in [6, 6.07) is 13.3. The number of halogens is 1. The number of alkyl halides is 1. The van der Waals surface area contributed by atoms with Gasteiger partial charge >= 0.3 is 6.03 Å². The topological polar surface area (TPSA) is 96.0 Å². The second-order valence-corrected chi connectivity index (χ2v) is 11.3. The van der Waals surface area contributed by atoms with Crippen molar-refractivity contribution in [2.24, 2.45) is 5.92 Å². The van der Waals surface area contributed by atoms with Crippen molar-refractivity contribution < 1.29 is 14.0 Å². The Morgan fingerprint density at radius 1 is 0.974 bits per heavy atom. The molecule has 7 nitrogen and oxygen atoms in total. The lowest BCUT2D eigenvalue weighted by Crippen LogP contribution is -2.52. The molecule has 3 N–H and O–H groups in total. The molecule has 8 heteroatoms. The van der Waals surface area contributed by atoms with Crippen LogP contribution in [0.4, 0.5) is 20.7 Å². The average Bonchev–Trinajstić information content (AvgIpc) is 3.76. The number of amides is 3. The lowest BCUT2D eigenvalue weighted by molar-refractivity contribution is -0.117. The van der Waals surface area contributed by atoms with Crippen molar-refractivity contribution in [3.8, 4) is 22.4 Å². The quantitative estimate of drug-likeness (QED) is 0.343. The maximum atomic E-state index is 13.8. The van der Waals surface area contributed by atoms with E-state index in [1.165, 1.54) is 0 Å². The van der Waals surface area contributed by atoms with E-state index in [2.05, 4.69) is 33.1 Å². The van der Waals surface area contributed by atoms with Crippen LogP contribution in [0, 0.1) is 12.8 Å². The molecule has 196 valence electrons. The summed E-state index contributed by atoms with van der Waals surface area (Å²) < 4.78 is 13.8. The molecule has 0 saturated heterocycles. The highest BCUT2D eigenvalue weighted by Crippen LogP contribution is 2.42. The van der Waals surface area contributed by atoms with E-state index in [-0.39, 0.29) is 23.9 Å². The number of hydrogen-bond donors (Lipinski definition) is 3. The van der Waals surface area contributed by atoms with E-state index in [4.69, 9.17) is 4.98 Å².